The summed E-state index contributed by atoms with van der Waals surface area (Å²) in [6.45, 7) is 2.28. The van der Waals surface area contributed by atoms with Crippen molar-refractivity contribution in [2.75, 3.05) is 11.6 Å². The third-order valence-corrected chi connectivity index (χ3v) is 6.59. The average Bonchev–Trinajstić information content (AvgIpc) is 2.94. The first-order valence-electron chi connectivity index (χ1n) is 7.73. The van der Waals surface area contributed by atoms with E-state index < -0.39 is 0 Å². The molecule has 1 aromatic rings. The van der Waals surface area contributed by atoms with E-state index in [1.165, 1.54) is 10.5 Å². The standard InChI is InChI=1S/C17H22ClNOS/c1-12-6-8-17(11-18,9-7-12)19-16(20)14-10-21-15-5-3-2-4-13(14)15/h2-5,12,14H,6-11H2,1H3,(H,19,20). The van der Waals surface area contributed by atoms with Crippen LogP contribution in [-0.4, -0.2) is 23.1 Å². The summed E-state index contributed by atoms with van der Waals surface area (Å²) in [4.78, 5) is 14.0. The number of carbonyl (C=O) groups is 1. The Bertz CT molecular complexity index is 525. The van der Waals surface area contributed by atoms with Gasteiger partial charge in [0.2, 0.25) is 5.91 Å². The lowest BCUT2D eigenvalue weighted by atomic mass is 9.78. The van der Waals surface area contributed by atoms with Crippen molar-refractivity contribution in [3.05, 3.63) is 29.8 Å². The van der Waals surface area contributed by atoms with E-state index in [9.17, 15) is 4.79 Å². The molecule has 0 bridgehead atoms. The van der Waals surface area contributed by atoms with Gasteiger partial charge in [0.1, 0.15) is 0 Å². The molecule has 114 valence electrons. The van der Waals surface area contributed by atoms with Crippen molar-refractivity contribution in [1.29, 1.82) is 0 Å². The van der Waals surface area contributed by atoms with Crippen LogP contribution in [0.1, 0.15) is 44.1 Å². The van der Waals surface area contributed by atoms with Crippen molar-refractivity contribution in [1.82, 2.24) is 5.32 Å². The van der Waals surface area contributed by atoms with Gasteiger partial charge in [0, 0.05) is 16.5 Å². The Morgan fingerprint density at radius 2 is 2.10 bits per heavy atom. The molecule has 4 heteroatoms. The maximum Gasteiger partial charge on any atom is 0.228 e. The first-order chi connectivity index (χ1) is 10.1. The second kappa shape index (κ2) is 6.21. The second-order valence-corrected chi connectivity index (χ2v) is 7.82. The van der Waals surface area contributed by atoms with Crippen molar-refractivity contribution >= 4 is 29.3 Å². The summed E-state index contributed by atoms with van der Waals surface area (Å²) in [6, 6.07) is 8.24. The van der Waals surface area contributed by atoms with Crippen LogP contribution < -0.4 is 5.32 Å². The smallest absolute Gasteiger partial charge is 0.228 e. The van der Waals surface area contributed by atoms with Crippen LogP contribution in [0, 0.1) is 5.92 Å². The quantitative estimate of drug-likeness (QED) is 0.845. The highest BCUT2D eigenvalue weighted by atomic mass is 35.5. The summed E-state index contributed by atoms with van der Waals surface area (Å²) in [5.74, 6) is 2.25. The number of amides is 1. The molecular formula is C17H22ClNOS. The van der Waals surface area contributed by atoms with Gasteiger partial charge in [0.25, 0.3) is 0 Å². The number of carbonyl (C=O) groups excluding carboxylic acids is 1. The SMILES string of the molecule is CC1CCC(CCl)(NC(=O)C2CSc3ccccc32)CC1. The van der Waals surface area contributed by atoms with Crippen molar-refractivity contribution in [3.63, 3.8) is 0 Å². The van der Waals surface area contributed by atoms with Crippen LogP contribution in [0.25, 0.3) is 0 Å². The Balaban J connectivity index is 1.72. The molecule has 1 aromatic carbocycles. The van der Waals surface area contributed by atoms with E-state index in [2.05, 4.69) is 24.4 Å². The monoisotopic (exact) mass is 323 g/mol. The van der Waals surface area contributed by atoms with Gasteiger partial charge in [-0.15, -0.1) is 23.4 Å². The van der Waals surface area contributed by atoms with E-state index in [0.29, 0.717) is 5.88 Å². The number of fused-ring (bicyclic) bond motifs is 1. The highest BCUT2D eigenvalue weighted by molar-refractivity contribution is 7.99. The molecule has 21 heavy (non-hydrogen) atoms. The van der Waals surface area contributed by atoms with E-state index in [0.717, 1.165) is 37.4 Å². The molecule has 1 heterocycles. The maximum absolute atomic E-state index is 12.7. The Kier molecular flexibility index (Phi) is 4.51. The predicted molar refractivity (Wildman–Crippen MR) is 89.1 cm³/mol. The zero-order valence-electron chi connectivity index (χ0n) is 12.4. The lowest BCUT2D eigenvalue weighted by Crippen LogP contribution is -2.53. The topological polar surface area (TPSA) is 29.1 Å². The van der Waals surface area contributed by atoms with Gasteiger partial charge >= 0.3 is 0 Å². The minimum atomic E-state index is -0.187. The number of halogens is 1. The number of nitrogens with one attached hydrogen (secondary N) is 1. The lowest BCUT2D eigenvalue weighted by Gasteiger charge is -2.39. The van der Waals surface area contributed by atoms with Gasteiger partial charge in [0.15, 0.2) is 0 Å². The fraction of sp³-hybridized carbons (Fsp3) is 0.588. The molecule has 1 fully saturated rings. The van der Waals surface area contributed by atoms with Crippen LogP contribution in [0.3, 0.4) is 0 Å². The molecule has 0 aromatic heterocycles. The number of thioether (sulfide) groups is 1. The molecule has 0 radical (unpaired) electrons. The minimum absolute atomic E-state index is 0.0226. The van der Waals surface area contributed by atoms with E-state index in [1.807, 2.05) is 12.1 Å². The van der Waals surface area contributed by atoms with Crippen LogP contribution in [0.15, 0.2) is 29.2 Å². The Morgan fingerprint density at radius 3 is 2.81 bits per heavy atom. The highest BCUT2D eigenvalue weighted by Gasteiger charge is 2.38. The van der Waals surface area contributed by atoms with Crippen molar-refractivity contribution < 1.29 is 4.79 Å². The van der Waals surface area contributed by atoms with Gasteiger partial charge in [-0.25, -0.2) is 0 Å². The molecule has 1 amide bonds. The van der Waals surface area contributed by atoms with E-state index in [1.54, 1.807) is 11.8 Å². The Hall–Kier alpha value is -0.670. The summed E-state index contributed by atoms with van der Waals surface area (Å²) in [7, 11) is 0. The summed E-state index contributed by atoms with van der Waals surface area (Å²) in [5, 5.41) is 3.30. The number of rotatable bonds is 3. The summed E-state index contributed by atoms with van der Waals surface area (Å²) in [6.07, 6.45) is 4.32. The molecule has 0 saturated heterocycles. The first kappa shape index (κ1) is 15.2. The summed E-state index contributed by atoms with van der Waals surface area (Å²) >= 11 is 8.00. The molecule has 1 atom stereocenters. The third kappa shape index (κ3) is 3.09. The molecule has 0 spiro atoms. The molecule has 1 aliphatic carbocycles. The van der Waals surface area contributed by atoms with Crippen molar-refractivity contribution in [2.24, 2.45) is 5.92 Å². The fourth-order valence-corrected chi connectivity index (χ4v) is 4.90. The van der Waals surface area contributed by atoms with Gasteiger partial charge in [-0.3, -0.25) is 4.79 Å². The van der Waals surface area contributed by atoms with Gasteiger partial charge in [-0.1, -0.05) is 25.1 Å². The minimum Gasteiger partial charge on any atom is -0.349 e. The second-order valence-electron chi connectivity index (χ2n) is 6.49. The lowest BCUT2D eigenvalue weighted by molar-refractivity contribution is -0.124. The predicted octanol–water partition coefficient (Wildman–Crippen LogP) is 4.18. The Morgan fingerprint density at radius 1 is 1.38 bits per heavy atom. The van der Waals surface area contributed by atoms with Crippen LogP contribution in [0.2, 0.25) is 0 Å². The number of hydrogen-bond donors (Lipinski definition) is 1. The van der Waals surface area contributed by atoms with Crippen molar-refractivity contribution in [2.45, 2.75) is 49.0 Å². The molecule has 1 saturated carbocycles. The fourth-order valence-electron chi connectivity index (χ4n) is 3.33. The number of hydrogen-bond acceptors (Lipinski definition) is 2. The highest BCUT2D eigenvalue weighted by Crippen LogP contribution is 2.40. The number of benzene rings is 1. The summed E-state index contributed by atoms with van der Waals surface area (Å²) < 4.78 is 0. The molecular weight excluding hydrogens is 302 g/mol. The maximum atomic E-state index is 12.7. The Labute approximate surface area is 136 Å². The zero-order chi connectivity index (χ0) is 14.9. The van der Waals surface area contributed by atoms with Gasteiger partial charge in [0.05, 0.1) is 11.5 Å². The van der Waals surface area contributed by atoms with Crippen LogP contribution in [-0.2, 0) is 4.79 Å². The zero-order valence-corrected chi connectivity index (χ0v) is 14.0. The largest absolute Gasteiger partial charge is 0.349 e. The molecule has 1 unspecified atom stereocenters. The van der Waals surface area contributed by atoms with Crippen LogP contribution in [0.4, 0.5) is 0 Å². The average molecular weight is 324 g/mol. The molecule has 1 N–H and O–H groups in total. The van der Waals surface area contributed by atoms with Gasteiger partial charge in [-0.2, -0.15) is 0 Å². The molecule has 2 nitrogen and oxygen atoms in total. The molecule has 2 aliphatic rings. The normalized spacial score (nSPS) is 31.7. The van der Waals surface area contributed by atoms with Crippen LogP contribution in [0.5, 0.6) is 0 Å². The number of alkyl halides is 1. The van der Waals surface area contributed by atoms with Gasteiger partial charge in [-0.05, 0) is 43.2 Å². The van der Waals surface area contributed by atoms with Crippen LogP contribution >= 0.6 is 23.4 Å². The molecule has 1 aliphatic heterocycles. The molecule has 3 rings (SSSR count). The van der Waals surface area contributed by atoms with E-state index in [-0.39, 0.29) is 17.4 Å². The van der Waals surface area contributed by atoms with E-state index in [4.69, 9.17) is 11.6 Å². The first-order valence-corrected chi connectivity index (χ1v) is 9.25. The van der Waals surface area contributed by atoms with E-state index >= 15 is 0 Å². The van der Waals surface area contributed by atoms with Gasteiger partial charge < -0.3 is 5.32 Å². The third-order valence-electron chi connectivity index (χ3n) is 4.89. The summed E-state index contributed by atoms with van der Waals surface area (Å²) in [5.41, 5.74) is 0.988. The van der Waals surface area contributed by atoms with Crippen molar-refractivity contribution in [3.8, 4) is 0 Å².